The molecule has 0 radical (unpaired) electrons. The maximum absolute atomic E-state index is 13.3. The van der Waals surface area contributed by atoms with Gasteiger partial charge in [0.25, 0.3) is 0 Å². The second-order valence-electron chi connectivity index (χ2n) is 11.3. The number of benzene rings is 1. The number of amides is 4. The zero-order chi connectivity index (χ0) is 34.0. The predicted octanol–water partition coefficient (Wildman–Crippen LogP) is -1.98. The number of hydrogen-bond acceptors (Lipinski definition) is 8. The Labute approximate surface area is 264 Å². The van der Waals surface area contributed by atoms with Crippen molar-refractivity contribution in [2.75, 3.05) is 13.1 Å². The van der Waals surface area contributed by atoms with Crippen molar-refractivity contribution in [2.45, 2.75) is 70.2 Å². The van der Waals surface area contributed by atoms with Gasteiger partial charge < -0.3 is 47.9 Å². The summed E-state index contributed by atoms with van der Waals surface area (Å²) >= 11 is 0. The normalized spacial score (nSPS) is 15.9. The third-order valence-electron chi connectivity index (χ3n) is 7.41. The number of carboxylic acid groups (broad SMARTS) is 2. The predicted molar refractivity (Wildman–Crippen MR) is 166 cm³/mol. The number of carboxylic acids is 2. The van der Waals surface area contributed by atoms with Crippen molar-refractivity contribution in [3.05, 3.63) is 35.5 Å². The molecule has 0 saturated carbocycles. The Hall–Kier alpha value is -5.19. The Morgan fingerprint density at radius 1 is 1.00 bits per heavy atom. The van der Waals surface area contributed by atoms with E-state index in [0.717, 1.165) is 22.2 Å². The molecule has 4 atom stereocenters. The second-order valence-corrected chi connectivity index (χ2v) is 11.3. The number of H-pyrrole nitrogens is 1. The summed E-state index contributed by atoms with van der Waals surface area (Å²) in [5.74, 6) is -6.45. The minimum atomic E-state index is -1.61. The fourth-order valence-corrected chi connectivity index (χ4v) is 5.06. The Morgan fingerprint density at radius 2 is 1.72 bits per heavy atom. The molecule has 0 unspecified atom stereocenters. The minimum Gasteiger partial charge on any atom is -0.481 e. The van der Waals surface area contributed by atoms with Crippen LogP contribution >= 0.6 is 0 Å². The van der Waals surface area contributed by atoms with Crippen LogP contribution in [0.2, 0.25) is 0 Å². The van der Waals surface area contributed by atoms with E-state index < -0.39 is 78.6 Å². The largest absolute Gasteiger partial charge is 0.481 e. The van der Waals surface area contributed by atoms with E-state index in [4.69, 9.17) is 11.5 Å². The van der Waals surface area contributed by atoms with E-state index in [9.17, 15) is 39.0 Å². The van der Waals surface area contributed by atoms with Gasteiger partial charge in [0.1, 0.15) is 18.1 Å². The summed E-state index contributed by atoms with van der Waals surface area (Å²) in [6.07, 6.45) is -0.0140. The Kier molecular flexibility index (Phi) is 12.4. The average Bonchev–Trinajstić information content (AvgIpc) is 3.36. The molecule has 17 nitrogen and oxygen atoms in total. The summed E-state index contributed by atoms with van der Waals surface area (Å²) in [6.45, 7) is 3.04. The smallest absolute Gasteiger partial charge is 0.326 e. The van der Waals surface area contributed by atoms with E-state index in [1.54, 1.807) is 13.8 Å². The zero-order valence-electron chi connectivity index (χ0n) is 25.6. The molecule has 3 rings (SSSR count). The first-order valence-corrected chi connectivity index (χ1v) is 14.8. The van der Waals surface area contributed by atoms with Gasteiger partial charge in [-0.25, -0.2) is 4.79 Å². The topological polar surface area (TPSA) is 283 Å². The molecule has 1 aliphatic heterocycles. The van der Waals surface area contributed by atoms with Crippen LogP contribution in [0.5, 0.6) is 0 Å². The van der Waals surface area contributed by atoms with Gasteiger partial charge in [0.2, 0.25) is 23.6 Å². The fourth-order valence-electron chi connectivity index (χ4n) is 5.06. The lowest BCUT2D eigenvalue weighted by atomic mass is 9.97. The summed E-state index contributed by atoms with van der Waals surface area (Å²) in [6, 6.07) is 3.10. The van der Waals surface area contributed by atoms with Crippen LogP contribution in [0.15, 0.2) is 29.3 Å². The fraction of sp³-hybridized carbons (Fsp3) is 0.483. The quantitative estimate of drug-likeness (QED) is 0.0543. The Morgan fingerprint density at radius 3 is 2.37 bits per heavy atom. The second kappa shape index (κ2) is 16.2. The van der Waals surface area contributed by atoms with Crippen LogP contribution in [0.4, 0.5) is 0 Å². The van der Waals surface area contributed by atoms with Gasteiger partial charge >= 0.3 is 11.9 Å². The molecule has 1 aromatic carbocycles. The van der Waals surface area contributed by atoms with Crippen LogP contribution in [-0.2, 0) is 41.7 Å². The summed E-state index contributed by atoms with van der Waals surface area (Å²) in [5, 5.41) is 32.3. The molecule has 1 aromatic heterocycles. The third-order valence-corrected chi connectivity index (χ3v) is 7.41. The number of hydrogen-bond donors (Lipinski definition) is 10. The Bertz CT molecular complexity index is 1480. The molecule has 0 fully saturated rings. The number of para-hydroxylation sites is 1. The highest BCUT2D eigenvalue weighted by Crippen LogP contribution is 2.26. The van der Waals surface area contributed by atoms with Crippen molar-refractivity contribution >= 4 is 52.4 Å². The first-order chi connectivity index (χ1) is 21.8. The lowest BCUT2D eigenvalue weighted by Gasteiger charge is -2.26. The van der Waals surface area contributed by atoms with Gasteiger partial charge in [0, 0.05) is 29.7 Å². The lowest BCUT2D eigenvalue weighted by molar-refractivity contribution is -0.144. The van der Waals surface area contributed by atoms with E-state index in [0.29, 0.717) is 19.4 Å². The molecule has 0 spiro atoms. The first-order valence-electron chi connectivity index (χ1n) is 14.8. The van der Waals surface area contributed by atoms with Crippen LogP contribution in [0.3, 0.4) is 0 Å². The molecule has 0 bridgehead atoms. The molecular weight excluding hydrogens is 602 g/mol. The van der Waals surface area contributed by atoms with E-state index in [-0.39, 0.29) is 18.9 Å². The highest BCUT2D eigenvalue weighted by Gasteiger charge is 2.32. The van der Waals surface area contributed by atoms with Crippen molar-refractivity contribution < 1.29 is 39.0 Å². The molecule has 2 heterocycles. The van der Waals surface area contributed by atoms with Gasteiger partial charge in [-0.3, -0.25) is 34.3 Å². The van der Waals surface area contributed by atoms with Crippen molar-refractivity contribution in [3.8, 4) is 0 Å². The molecular formula is C29H41N9O8. The molecule has 250 valence electrons. The lowest BCUT2D eigenvalue weighted by Crippen LogP contribution is -2.56. The average molecular weight is 644 g/mol. The van der Waals surface area contributed by atoms with Gasteiger partial charge in [-0.1, -0.05) is 32.0 Å². The highest BCUT2D eigenvalue weighted by atomic mass is 16.4. The molecule has 46 heavy (non-hydrogen) atoms. The van der Waals surface area contributed by atoms with E-state index in [1.807, 2.05) is 24.3 Å². The number of guanidine groups is 1. The molecule has 1 aliphatic rings. The number of nitrogens with one attached hydrogen (secondary N) is 6. The summed E-state index contributed by atoms with van der Waals surface area (Å²) < 4.78 is 0. The number of carbonyl (C=O) groups excluding carboxylic acids is 4. The number of carbonyl (C=O) groups is 6. The maximum atomic E-state index is 13.3. The van der Waals surface area contributed by atoms with Gasteiger partial charge in [-0.05, 0) is 36.8 Å². The molecule has 0 saturated heterocycles. The van der Waals surface area contributed by atoms with Crippen LogP contribution in [0, 0.1) is 5.92 Å². The number of aromatic nitrogens is 1. The van der Waals surface area contributed by atoms with Crippen molar-refractivity contribution in [2.24, 2.45) is 22.4 Å². The number of aliphatic carboxylic acids is 2. The minimum absolute atomic E-state index is 0.122. The number of aromatic amines is 1. The van der Waals surface area contributed by atoms with Crippen molar-refractivity contribution in [1.82, 2.24) is 31.6 Å². The van der Waals surface area contributed by atoms with Gasteiger partial charge in [-0.15, -0.1) is 0 Å². The standard InChI is InChI=1S/C29H41N9O8/c1-14(2)24(28(45)46)38-27(44)20(11-23(40)41)36-22(39)13-34-25(42)18(8-5-9-32-29(30)31)37-26(43)19-10-16-15-6-3-4-7-17(15)35-21(16)12-33-19/h3-4,6-7,14,18-20,24,33,35H,5,8-13H2,1-2H3,(H,34,42)(H,36,39)(H,37,43)(H,38,44)(H,40,41)(H,45,46)(H4,30,31,32)/t18-,19-,20-,24-/m0/s1. The third kappa shape index (κ3) is 9.91. The molecule has 0 aliphatic carbocycles. The van der Waals surface area contributed by atoms with Gasteiger partial charge in [0.05, 0.1) is 19.0 Å². The van der Waals surface area contributed by atoms with E-state index in [2.05, 4.69) is 36.6 Å². The molecule has 17 heteroatoms. The first kappa shape index (κ1) is 35.3. The molecule has 2 aromatic rings. The maximum Gasteiger partial charge on any atom is 0.326 e. The highest BCUT2D eigenvalue weighted by molar-refractivity contribution is 5.95. The van der Waals surface area contributed by atoms with Crippen LogP contribution in [-0.4, -0.2) is 94.0 Å². The van der Waals surface area contributed by atoms with Crippen LogP contribution < -0.4 is 38.1 Å². The number of rotatable bonds is 16. The van der Waals surface area contributed by atoms with Crippen molar-refractivity contribution in [3.63, 3.8) is 0 Å². The molecule has 4 amide bonds. The molecule has 12 N–H and O–H groups in total. The number of fused-ring (bicyclic) bond motifs is 3. The van der Waals surface area contributed by atoms with E-state index >= 15 is 0 Å². The summed E-state index contributed by atoms with van der Waals surface area (Å²) in [4.78, 5) is 81.8. The Balaban J connectivity index is 1.64. The zero-order valence-corrected chi connectivity index (χ0v) is 25.6. The van der Waals surface area contributed by atoms with Crippen LogP contribution in [0.25, 0.3) is 10.9 Å². The monoisotopic (exact) mass is 643 g/mol. The van der Waals surface area contributed by atoms with Crippen molar-refractivity contribution in [1.29, 1.82) is 0 Å². The number of aliphatic imine (C=N–C) groups is 1. The van der Waals surface area contributed by atoms with E-state index in [1.165, 1.54) is 0 Å². The van der Waals surface area contributed by atoms with Gasteiger partial charge in [0.15, 0.2) is 5.96 Å². The summed E-state index contributed by atoms with van der Waals surface area (Å²) in [5.41, 5.74) is 13.7. The van der Waals surface area contributed by atoms with Gasteiger partial charge in [-0.2, -0.15) is 0 Å². The number of nitrogens with zero attached hydrogens (tertiary/aromatic N) is 1. The summed E-state index contributed by atoms with van der Waals surface area (Å²) in [7, 11) is 0. The SMILES string of the molecule is CC(C)[C@H](NC(=O)[C@H](CC(=O)O)NC(=O)CNC(=O)[C@H](CCCN=C(N)N)NC(=O)[C@@H]1Cc2c([nH]c3ccccc23)CN1)C(=O)O. The van der Waals surface area contributed by atoms with Crippen LogP contribution in [0.1, 0.15) is 44.4 Å². The number of nitrogens with two attached hydrogens (primary N) is 2.